The third-order valence-electron chi connectivity index (χ3n) is 1.84. The number of hydrogen-bond donors (Lipinski definition) is 0. The number of nitrogens with zero attached hydrogens (tertiary/aromatic N) is 1. The number of rotatable bonds is 7. The van der Waals surface area contributed by atoms with Crippen molar-refractivity contribution in [1.29, 1.82) is 0 Å². The molecule has 84 valence electrons. The highest BCUT2D eigenvalue weighted by Gasteiger charge is 2.21. The minimum Gasteiger partial charge on any atom is -0.212 e. The molecule has 0 rings (SSSR count). The molecule has 0 fully saturated rings. The van der Waals surface area contributed by atoms with Gasteiger partial charge in [-0.1, -0.05) is 19.9 Å². The number of likely N-dealkylation sites (N-methyl/N-ethyl adjacent to an activating group) is 1. The van der Waals surface area contributed by atoms with Crippen molar-refractivity contribution in [3.63, 3.8) is 0 Å². The second-order valence-electron chi connectivity index (χ2n) is 3.28. The van der Waals surface area contributed by atoms with Gasteiger partial charge in [-0.25, -0.2) is 8.42 Å². The van der Waals surface area contributed by atoms with Crippen LogP contribution in [0.3, 0.4) is 0 Å². The molecule has 1 atom stereocenters. The summed E-state index contributed by atoms with van der Waals surface area (Å²) in [4.78, 5) is 0. The Hall–Kier alpha value is -0.0600. The second-order valence-corrected chi connectivity index (χ2v) is 5.60. The fourth-order valence-corrected chi connectivity index (χ4v) is 3.11. The van der Waals surface area contributed by atoms with Gasteiger partial charge in [0.05, 0.1) is 5.75 Å². The first-order valence-electron chi connectivity index (χ1n) is 4.62. The van der Waals surface area contributed by atoms with Crippen molar-refractivity contribution in [3.05, 3.63) is 12.7 Å². The Labute approximate surface area is 91.8 Å². The van der Waals surface area contributed by atoms with Gasteiger partial charge < -0.3 is 0 Å². The van der Waals surface area contributed by atoms with Gasteiger partial charge in [-0.2, -0.15) is 4.31 Å². The van der Waals surface area contributed by atoms with Gasteiger partial charge in [-0.3, -0.25) is 0 Å². The van der Waals surface area contributed by atoms with Gasteiger partial charge in [0, 0.05) is 19.0 Å². The molecule has 0 saturated heterocycles. The molecule has 0 aromatic carbocycles. The van der Waals surface area contributed by atoms with Gasteiger partial charge in [-0.05, 0) is 5.92 Å². The quantitative estimate of drug-likeness (QED) is 0.501. The zero-order chi connectivity index (χ0) is 11.2. The van der Waals surface area contributed by atoms with Gasteiger partial charge in [-0.15, -0.1) is 18.2 Å². The first-order valence-corrected chi connectivity index (χ1v) is 6.77. The Balaban J connectivity index is 4.49. The molecule has 1 unspecified atom stereocenters. The van der Waals surface area contributed by atoms with E-state index in [-0.39, 0.29) is 11.7 Å². The minimum atomic E-state index is -3.17. The van der Waals surface area contributed by atoms with Crippen LogP contribution in [-0.4, -0.2) is 37.4 Å². The summed E-state index contributed by atoms with van der Waals surface area (Å²) in [5.41, 5.74) is 0. The SMILES string of the molecule is C=CCN(CC)S(=O)(=O)CC(C)CCl. The normalized spacial score (nSPS) is 14.3. The summed E-state index contributed by atoms with van der Waals surface area (Å²) in [5, 5.41) is 0. The lowest BCUT2D eigenvalue weighted by atomic mass is 10.3. The smallest absolute Gasteiger partial charge is 0.212 e. The topological polar surface area (TPSA) is 37.4 Å². The van der Waals surface area contributed by atoms with Crippen molar-refractivity contribution in [2.24, 2.45) is 5.92 Å². The fourth-order valence-electron chi connectivity index (χ4n) is 1.09. The second kappa shape index (κ2) is 6.43. The van der Waals surface area contributed by atoms with Crippen LogP contribution >= 0.6 is 11.6 Å². The van der Waals surface area contributed by atoms with E-state index in [2.05, 4.69) is 6.58 Å². The lowest BCUT2D eigenvalue weighted by molar-refractivity contribution is 0.453. The number of sulfonamides is 1. The van der Waals surface area contributed by atoms with Crippen molar-refractivity contribution in [3.8, 4) is 0 Å². The number of hydrogen-bond acceptors (Lipinski definition) is 2. The predicted octanol–water partition coefficient (Wildman–Crippen LogP) is 1.70. The number of alkyl halides is 1. The largest absolute Gasteiger partial charge is 0.214 e. The summed E-state index contributed by atoms with van der Waals surface area (Å²) in [6, 6.07) is 0. The molecule has 3 nitrogen and oxygen atoms in total. The third kappa shape index (κ3) is 4.44. The van der Waals surface area contributed by atoms with Crippen molar-refractivity contribution in [1.82, 2.24) is 4.31 Å². The average molecular weight is 240 g/mol. The molecule has 0 aliphatic heterocycles. The maximum absolute atomic E-state index is 11.7. The molecular weight excluding hydrogens is 222 g/mol. The Morgan fingerprint density at radius 2 is 2.14 bits per heavy atom. The summed E-state index contributed by atoms with van der Waals surface area (Å²) in [7, 11) is -3.17. The van der Waals surface area contributed by atoms with E-state index >= 15 is 0 Å². The summed E-state index contributed by atoms with van der Waals surface area (Å²) in [6.07, 6.45) is 1.59. The van der Waals surface area contributed by atoms with E-state index in [4.69, 9.17) is 11.6 Å². The van der Waals surface area contributed by atoms with Gasteiger partial charge in [0.25, 0.3) is 0 Å². The molecule has 0 N–H and O–H groups in total. The van der Waals surface area contributed by atoms with Crippen LogP contribution in [-0.2, 0) is 10.0 Å². The van der Waals surface area contributed by atoms with Crippen LogP contribution in [0.25, 0.3) is 0 Å². The molecule has 5 heteroatoms. The highest BCUT2D eigenvalue weighted by Crippen LogP contribution is 2.08. The van der Waals surface area contributed by atoms with Gasteiger partial charge in [0.1, 0.15) is 0 Å². The molecule has 0 heterocycles. The molecule has 0 spiro atoms. The summed E-state index contributed by atoms with van der Waals surface area (Å²) in [5.74, 6) is 0.462. The first-order chi connectivity index (χ1) is 6.47. The average Bonchev–Trinajstić information content (AvgIpc) is 2.12. The fraction of sp³-hybridized carbons (Fsp3) is 0.778. The van der Waals surface area contributed by atoms with Crippen LogP contribution in [0.15, 0.2) is 12.7 Å². The predicted molar refractivity (Wildman–Crippen MR) is 61.1 cm³/mol. The van der Waals surface area contributed by atoms with Crippen LogP contribution in [0, 0.1) is 5.92 Å². The van der Waals surface area contributed by atoms with Crippen molar-refractivity contribution in [2.45, 2.75) is 13.8 Å². The molecule has 0 aromatic heterocycles. The van der Waals surface area contributed by atoms with Crippen molar-refractivity contribution in [2.75, 3.05) is 24.7 Å². The molecule has 0 amide bonds. The zero-order valence-corrected chi connectivity index (χ0v) is 10.3. The first kappa shape index (κ1) is 13.9. The molecule has 0 bridgehead atoms. The van der Waals surface area contributed by atoms with Crippen LogP contribution in [0.4, 0.5) is 0 Å². The number of halogens is 1. The van der Waals surface area contributed by atoms with E-state index in [9.17, 15) is 8.42 Å². The lowest BCUT2D eigenvalue weighted by Crippen LogP contribution is -2.35. The molecule has 0 aliphatic rings. The Bertz CT molecular complexity index is 264. The molecule has 0 aliphatic carbocycles. The minimum absolute atomic E-state index is 0.0134. The van der Waals surface area contributed by atoms with Gasteiger partial charge in [0.2, 0.25) is 10.0 Å². The van der Waals surface area contributed by atoms with Crippen LogP contribution in [0.5, 0.6) is 0 Å². The summed E-state index contributed by atoms with van der Waals surface area (Å²) < 4.78 is 24.9. The van der Waals surface area contributed by atoms with Crippen molar-refractivity contribution >= 4 is 21.6 Å². The third-order valence-corrected chi connectivity index (χ3v) is 4.55. The maximum Gasteiger partial charge on any atom is 0.214 e. The Morgan fingerprint density at radius 3 is 2.50 bits per heavy atom. The molecule has 0 radical (unpaired) electrons. The Morgan fingerprint density at radius 1 is 1.57 bits per heavy atom. The molecular formula is C9H18ClNO2S. The Kier molecular flexibility index (Phi) is 6.40. The van der Waals surface area contributed by atoms with E-state index in [1.165, 1.54) is 4.31 Å². The molecule has 14 heavy (non-hydrogen) atoms. The molecule has 0 saturated carbocycles. The van der Waals surface area contributed by atoms with E-state index < -0.39 is 10.0 Å². The van der Waals surface area contributed by atoms with Gasteiger partial charge in [0.15, 0.2) is 0 Å². The van der Waals surface area contributed by atoms with Crippen LogP contribution in [0.2, 0.25) is 0 Å². The van der Waals surface area contributed by atoms with Crippen molar-refractivity contribution < 1.29 is 8.42 Å². The summed E-state index contributed by atoms with van der Waals surface area (Å²) in [6.45, 7) is 8.01. The zero-order valence-electron chi connectivity index (χ0n) is 8.74. The van der Waals surface area contributed by atoms with E-state index in [1.54, 1.807) is 6.08 Å². The van der Waals surface area contributed by atoms with Crippen LogP contribution in [0.1, 0.15) is 13.8 Å². The summed E-state index contributed by atoms with van der Waals surface area (Å²) >= 11 is 5.58. The van der Waals surface area contributed by atoms with Crippen LogP contribution < -0.4 is 0 Å². The standard InChI is InChI=1S/C9H18ClNO2S/c1-4-6-11(5-2)14(12,13)8-9(3)7-10/h4,9H,1,5-8H2,2-3H3. The van der Waals surface area contributed by atoms with E-state index in [0.717, 1.165) is 0 Å². The lowest BCUT2D eigenvalue weighted by Gasteiger charge is -2.20. The van der Waals surface area contributed by atoms with Gasteiger partial charge >= 0.3 is 0 Å². The maximum atomic E-state index is 11.7. The highest BCUT2D eigenvalue weighted by atomic mass is 35.5. The van der Waals surface area contributed by atoms with E-state index in [0.29, 0.717) is 19.0 Å². The van der Waals surface area contributed by atoms with E-state index in [1.807, 2.05) is 13.8 Å². The highest BCUT2D eigenvalue weighted by molar-refractivity contribution is 7.89. The monoisotopic (exact) mass is 239 g/mol. The molecule has 0 aromatic rings.